The molecular formula is C12H11Cl2N3O. The Morgan fingerprint density at radius 1 is 1.39 bits per heavy atom. The van der Waals surface area contributed by atoms with Crippen LogP contribution in [0.1, 0.15) is 23.1 Å². The Morgan fingerprint density at radius 3 is 2.89 bits per heavy atom. The molecule has 94 valence electrons. The van der Waals surface area contributed by atoms with Crippen LogP contribution in [0.25, 0.3) is 0 Å². The van der Waals surface area contributed by atoms with Crippen molar-refractivity contribution in [3.8, 4) is 0 Å². The number of ketones is 1. The Bertz CT molecular complexity index is 580. The number of nitrogens with zero attached hydrogens (tertiary/aromatic N) is 3. The van der Waals surface area contributed by atoms with Crippen LogP contribution < -0.4 is 0 Å². The number of aryl methyl sites for hydroxylation is 1. The van der Waals surface area contributed by atoms with Crippen molar-refractivity contribution in [1.82, 2.24) is 14.8 Å². The van der Waals surface area contributed by atoms with Crippen LogP contribution in [0.2, 0.25) is 10.0 Å². The summed E-state index contributed by atoms with van der Waals surface area (Å²) in [6.45, 7) is 2.61. The predicted molar refractivity (Wildman–Crippen MR) is 70.2 cm³/mol. The molecule has 0 unspecified atom stereocenters. The number of benzene rings is 1. The monoisotopic (exact) mass is 283 g/mol. The first-order chi connectivity index (χ1) is 8.61. The second kappa shape index (κ2) is 5.50. The topological polar surface area (TPSA) is 47.8 Å². The largest absolute Gasteiger partial charge is 0.294 e. The van der Waals surface area contributed by atoms with Gasteiger partial charge in [-0.15, -0.1) is 0 Å². The Balaban J connectivity index is 2.25. The average molecular weight is 284 g/mol. The van der Waals surface area contributed by atoms with E-state index in [1.165, 1.54) is 6.33 Å². The van der Waals surface area contributed by atoms with Crippen LogP contribution in [0.4, 0.5) is 0 Å². The van der Waals surface area contributed by atoms with Crippen LogP contribution in [0.5, 0.6) is 0 Å². The molecule has 0 fully saturated rings. The van der Waals surface area contributed by atoms with E-state index in [2.05, 4.69) is 10.1 Å². The van der Waals surface area contributed by atoms with Gasteiger partial charge in [0.1, 0.15) is 12.2 Å². The van der Waals surface area contributed by atoms with Crippen molar-refractivity contribution in [2.45, 2.75) is 19.9 Å². The van der Waals surface area contributed by atoms with Crippen LogP contribution >= 0.6 is 23.2 Å². The summed E-state index contributed by atoms with van der Waals surface area (Å²) in [6.07, 6.45) is 1.60. The van der Waals surface area contributed by atoms with Crippen LogP contribution in [-0.2, 0) is 13.0 Å². The standard InChI is InChI=1S/C12H11Cl2N3O/c1-2-17-12(15-7-16-17)6-11(18)9-5-8(13)3-4-10(9)14/h3-5,7H,2,6H2,1H3. The van der Waals surface area contributed by atoms with Crippen LogP contribution in [0.3, 0.4) is 0 Å². The highest BCUT2D eigenvalue weighted by Gasteiger charge is 2.14. The van der Waals surface area contributed by atoms with Gasteiger partial charge < -0.3 is 0 Å². The van der Waals surface area contributed by atoms with Gasteiger partial charge in [-0.25, -0.2) is 9.67 Å². The van der Waals surface area contributed by atoms with Crippen molar-refractivity contribution in [3.05, 3.63) is 46.0 Å². The quantitative estimate of drug-likeness (QED) is 0.811. The lowest BCUT2D eigenvalue weighted by atomic mass is 10.1. The van der Waals surface area contributed by atoms with E-state index >= 15 is 0 Å². The van der Waals surface area contributed by atoms with Crippen molar-refractivity contribution in [1.29, 1.82) is 0 Å². The lowest BCUT2D eigenvalue weighted by Crippen LogP contribution is -2.11. The van der Waals surface area contributed by atoms with Crippen molar-refractivity contribution in [3.63, 3.8) is 0 Å². The Morgan fingerprint density at radius 2 is 2.17 bits per heavy atom. The highest BCUT2D eigenvalue weighted by molar-refractivity contribution is 6.35. The summed E-state index contributed by atoms with van der Waals surface area (Å²) in [7, 11) is 0. The van der Waals surface area contributed by atoms with E-state index < -0.39 is 0 Å². The maximum Gasteiger partial charge on any atom is 0.171 e. The van der Waals surface area contributed by atoms with Crippen molar-refractivity contribution >= 4 is 29.0 Å². The number of hydrogen-bond acceptors (Lipinski definition) is 3. The molecule has 0 aliphatic heterocycles. The summed E-state index contributed by atoms with van der Waals surface area (Å²) in [6, 6.07) is 4.83. The number of carbonyl (C=O) groups excluding carboxylic acids is 1. The van der Waals surface area contributed by atoms with E-state index in [-0.39, 0.29) is 12.2 Å². The molecule has 0 bridgehead atoms. The van der Waals surface area contributed by atoms with Crippen molar-refractivity contribution < 1.29 is 4.79 Å². The molecule has 0 N–H and O–H groups in total. The summed E-state index contributed by atoms with van der Waals surface area (Å²) in [5.74, 6) is 0.503. The fourth-order valence-electron chi connectivity index (χ4n) is 1.64. The van der Waals surface area contributed by atoms with Gasteiger partial charge in [-0.2, -0.15) is 5.10 Å². The average Bonchev–Trinajstić information content (AvgIpc) is 2.79. The molecule has 0 aliphatic rings. The summed E-state index contributed by atoms with van der Waals surface area (Å²) < 4.78 is 1.68. The van der Waals surface area contributed by atoms with Gasteiger partial charge in [0.25, 0.3) is 0 Å². The second-order valence-electron chi connectivity index (χ2n) is 3.72. The number of Topliss-reactive ketones (excluding diaryl/α,β-unsaturated/α-hetero) is 1. The third kappa shape index (κ3) is 2.71. The van der Waals surface area contributed by atoms with E-state index in [4.69, 9.17) is 23.2 Å². The number of rotatable bonds is 4. The highest BCUT2D eigenvalue weighted by Crippen LogP contribution is 2.22. The normalized spacial score (nSPS) is 10.6. The lowest BCUT2D eigenvalue weighted by molar-refractivity contribution is 0.0989. The zero-order valence-corrected chi connectivity index (χ0v) is 11.2. The molecule has 2 rings (SSSR count). The summed E-state index contributed by atoms with van der Waals surface area (Å²) in [5, 5.41) is 4.90. The van der Waals surface area contributed by atoms with Gasteiger partial charge in [0.15, 0.2) is 5.78 Å². The Kier molecular flexibility index (Phi) is 3.99. The number of carbonyl (C=O) groups is 1. The first-order valence-corrected chi connectivity index (χ1v) is 6.22. The summed E-state index contributed by atoms with van der Waals surface area (Å²) in [5.41, 5.74) is 0.412. The van der Waals surface area contributed by atoms with Gasteiger partial charge in [0.2, 0.25) is 0 Å². The van der Waals surface area contributed by atoms with E-state index in [1.54, 1.807) is 22.9 Å². The first kappa shape index (κ1) is 13.1. The molecule has 0 amide bonds. The third-order valence-corrected chi connectivity index (χ3v) is 3.11. The minimum atomic E-state index is -0.120. The Hall–Kier alpha value is -1.39. The van der Waals surface area contributed by atoms with Gasteiger partial charge in [0, 0.05) is 17.1 Å². The smallest absolute Gasteiger partial charge is 0.171 e. The van der Waals surface area contributed by atoms with E-state index in [0.717, 1.165) is 0 Å². The minimum Gasteiger partial charge on any atom is -0.294 e. The van der Waals surface area contributed by atoms with Gasteiger partial charge in [-0.3, -0.25) is 4.79 Å². The maximum atomic E-state index is 12.1. The molecule has 4 nitrogen and oxygen atoms in total. The summed E-state index contributed by atoms with van der Waals surface area (Å²) in [4.78, 5) is 16.2. The summed E-state index contributed by atoms with van der Waals surface area (Å²) >= 11 is 11.8. The molecule has 0 saturated heterocycles. The second-order valence-corrected chi connectivity index (χ2v) is 4.56. The molecule has 2 aromatic rings. The first-order valence-electron chi connectivity index (χ1n) is 5.46. The SMILES string of the molecule is CCn1ncnc1CC(=O)c1cc(Cl)ccc1Cl. The van der Waals surface area contributed by atoms with Crippen LogP contribution in [0.15, 0.2) is 24.5 Å². The molecule has 0 aliphatic carbocycles. The van der Waals surface area contributed by atoms with E-state index in [0.29, 0.717) is 28.0 Å². The third-order valence-electron chi connectivity index (χ3n) is 2.54. The number of halogens is 2. The molecule has 1 aromatic carbocycles. The van der Waals surface area contributed by atoms with Crippen molar-refractivity contribution in [2.24, 2.45) is 0 Å². The fraction of sp³-hybridized carbons (Fsp3) is 0.250. The van der Waals surface area contributed by atoms with Gasteiger partial charge in [-0.05, 0) is 25.1 Å². The zero-order valence-electron chi connectivity index (χ0n) is 9.73. The molecule has 0 saturated carbocycles. The van der Waals surface area contributed by atoms with Crippen LogP contribution in [-0.4, -0.2) is 20.5 Å². The minimum absolute atomic E-state index is 0.120. The molecule has 0 atom stereocenters. The van der Waals surface area contributed by atoms with E-state index in [1.807, 2.05) is 6.92 Å². The van der Waals surface area contributed by atoms with Crippen LogP contribution in [0, 0.1) is 0 Å². The molecule has 18 heavy (non-hydrogen) atoms. The molecule has 1 aromatic heterocycles. The number of aromatic nitrogens is 3. The van der Waals surface area contributed by atoms with Gasteiger partial charge >= 0.3 is 0 Å². The van der Waals surface area contributed by atoms with Gasteiger partial charge in [-0.1, -0.05) is 23.2 Å². The Labute approximate surface area is 115 Å². The number of hydrogen-bond donors (Lipinski definition) is 0. The molecule has 1 heterocycles. The lowest BCUT2D eigenvalue weighted by Gasteiger charge is -2.05. The van der Waals surface area contributed by atoms with Gasteiger partial charge in [0.05, 0.1) is 11.4 Å². The zero-order chi connectivity index (χ0) is 13.1. The highest BCUT2D eigenvalue weighted by atomic mass is 35.5. The fourth-order valence-corrected chi connectivity index (χ4v) is 2.03. The molecular weight excluding hydrogens is 273 g/mol. The van der Waals surface area contributed by atoms with E-state index in [9.17, 15) is 4.79 Å². The molecule has 0 spiro atoms. The molecule has 0 radical (unpaired) electrons. The maximum absolute atomic E-state index is 12.1. The molecule has 6 heteroatoms. The van der Waals surface area contributed by atoms with Crippen molar-refractivity contribution in [2.75, 3.05) is 0 Å². The predicted octanol–water partition coefficient (Wildman–Crippen LogP) is 3.03.